The molecule has 5 nitrogen and oxygen atoms in total. The highest BCUT2D eigenvalue weighted by Crippen LogP contribution is 2.13. The third-order valence-electron chi connectivity index (χ3n) is 3.50. The van der Waals surface area contributed by atoms with Crippen molar-refractivity contribution in [3.8, 4) is 0 Å². The van der Waals surface area contributed by atoms with Crippen molar-refractivity contribution in [2.24, 2.45) is 7.05 Å². The summed E-state index contributed by atoms with van der Waals surface area (Å²) in [5.41, 5.74) is 4.37. The molecular formula is C15H20N4O. The predicted molar refractivity (Wildman–Crippen MR) is 77.1 cm³/mol. The van der Waals surface area contributed by atoms with E-state index in [0.717, 1.165) is 23.4 Å². The lowest BCUT2D eigenvalue weighted by Crippen LogP contribution is -2.23. The molecule has 0 aliphatic heterocycles. The first-order chi connectivity index (χ1) is 9.58. The zero-order chi connectivity index (χ0) is 14.5. The second-order valence-corrected chi connectivity index (χ2v) is 4.91. The first-order valence-electron chi connectivity index (χ1n) is 6.72. The maximum absolute atomic E-state index is 11.9. The van der Waals surface area contributed by atoms with E-state index < -0.39 is 0 Å². The molecule has 2 heterocycles. The Kier molecular flexibility index (Phi) is 4.50. The number of carbonyl (C=O) groups excluding carboxylic acids is 1. The van der Waals surface area contributed by atoms with E-state index in [9.17, 15) is 4.79 Å². The highest BCUT2D eigenvalue weighted by molar-refractivity contribution is 5.76. The van der Waals surface area contributed by atoms with Crippen molar-refractivity contribution in [1.82, 2.24) is 20.1 Å². The molecule has 0 aliphatic rings. The van der Waals surface area contributed by atoms with Gasteiger partial charge in [0.25, 0.3) is 0 Å². The maximum Gasteiger partial charge on any atom is 0.220 e. The lowest BCUT2D eigenvalue weighted by atomic mass is 10.1. The third-order valence-corrected chi connectivity index (χ3v) is 3.50. The SMILES string of the molecule is Cc1nn(C)c(C)c1CCC(=O)NCc1ccncc1. The zero-order valence-corrected chi connectivity index (χ0v) is 12.2. The van der Waals surface area contributed by atoms with Gasteiger partial charge in [0.15, 0.2) is 0 Å². The summed E-state index contributed by atoms with van der Waals surface area (Å²) in [6.45, 7) is 4.56. The second kappa shape index (κ2) is 6.32. The molecule has 0 radical (unpaired) electrons. The van der Waals surface area contributed by atoms with Gasteiger partial charge in [-0.1, -0.05) is 0 Å². The average molecular weight is 272 g/mol. The predicted octanol–water partition coefficient (Wildman–Crippen LogP) is 1.68. The van der Waals surface area contributed by atoms with Crippen LogP contribution in [0.5, 0.6) is 0 Å². The van der Waals surface area contributed by atoms with E-state index in [2.05, 4.69) is 15.4 Å². The Morgan fingerprint density at radius 2 is 2.00 bits per heavy atom. The molecule has 2 rings (SSSR count). The standard InChI is InChI=1S/C15H20N4O/c1-11-14(12(2)19(3)18-11)4-5-15(20)17-10-13-6-8-16-9-7-13/h6-9H,4-5,10H2,1-3H3,(H,17,20). The molecule has 0 aliphatic carbocycles. The van der Waals surface area contributed by atoms with Gasteiger partial charge < -0.3 is 5.32 Å². The van der Waals surface area contributed by atoms with Crippen molar-refractivity contribution in [1.29, 1.82) is 0 Å². The highest BCUT2D eigenvalue weighted by Gasteiger charge is 2.11. The van der Waals surface area contributed by atoms with E-state index in [1.807, 2.05) is 37.7 Å². The molecule has 5 heteroatoms. The number of hydrogen-bond donors (Lipinski definition) is 1. The Hall–Kier alpha value is -2.17. The second-order valence-electron chi connectivity index (χ2n) is 4.91. The van der Waals surface area contributed by atoms with Crippen molar-refractivity contribution in [3.63, 3.8) is 0 Å². The first kappa shape index (κ1) is 14.2. The first-order valence-corrected chi connectivity index (χ1v) is 6.72. The lowest BCUT2D eigenvalue weighted by molar-refractivity contribution is -0.121. The van der Waals surface area contributed by atoms with Crippen LogP contribution in [0.3, 0.4) is 0 Å². The molecule has 0 bridgehead atoms. The quantitative estimate of drug-likeness (QED) is 0.901. The molecule has 0 saturated heterocycles. The maximum atomic E-state index is 11.9. The molecule has 0 fully saturated rings. The molecular weight excluding hydrogens is 252 g/mol. The van der Waals surface area contributed by atoms with Gasteiger partial charge >= 0.3 is 0 Å². The van der Waals surface area contributed by atoms with Gasteiger partial charge in [-0.15, -0.1) is 0 Å². The molecule has 0 saturated carbocycles. The number of rotatable bonds is 5. The van der Waals surface area contributed by atoms with Crippen molar-refractivity contribution < 1.29 is 4.79 Å². The van der Waals surface area contributed by atoms with Crippen LogP contribution in [0.15, 0.2) is 24.5 Å². The van der Waals surface area contributed by atoms with Crippen molar-refractivity contribution in [2.75, 3.05) is 0 Å². The van der Waals surface area contributed by atoms with Gasteiger partial charge in [0.2, 0.25) is 5.91 Å². The van der Waals surface area contributed by atoms with Crippen LogP contribution >= 0.6 is 0 Å². The van der Waals surface area contributed by atoms with E-state index in [1.165, 1.54) is 5.56 Å². The van der Waals surface area contributed by atoms with Gasteiger partial charge in [-0.05, 0) is 43.5 Å². The summed E-state index contributed by atoms with van der Waals surface area (Å²) in [7, 11) is 1.93. The molecule has 1 amide bonds. The molecule has 0 atom stereocenters. The highest BCUT2D eigenvalue weighted by atomic mass is 16.1. The van der Waals surface area contributed by atoms with E-state index in [1.54, 1.807) is 12.4 Å². The minimum absolute atomic E-state index is 0.0597. The summed E-state index contributed by atoms with van der Waals surface area (Å²) in [6, 6.07) is 3.80. The fraction of sp³-hybridized carbons (Fsp3) is 0.400. The Labute approximate surface area is 119 Å². The van der Waals surface area contributed by atoms with Crippen molar-refractivity contribution in [2.45, 2.75) is 33.2 Å². The summed E-state index contributed by atoms with van der Waals surface area (Å²) in [5.74, 6) is 0.0597. The van der Waals surface area contributed by atoms with E-state index in [0.29, 0.717) is 13.0 Å². The van der Waals surface area contributed by atoms with Crippen LogP contribution in [0, 0.1) is 13.8 Å². The Morgan fingerprint density at radius 1 is 1.30 bits per heavy atom. The Bertz CT molecular complexity index is 589. The fourth-order valence-electron chi connectivity index (χ4n) is 2.21. The van der Waals surface area contributed by atoms with E-state index in [4.69, 9.17) is 0 Å². The van der Waals surface area contributed by atoms with E-state index in [-0.39, 0.29) is 5.91 Å². The summed E-state index contributed by atoms with van der Waals surface area (Å²) in [4.78, 5) is 15.8. The summed E-state index contributed by atoms with van der Waals surface area (Å²) >= 11 is 0. The molecule has 0 spiro atoms. The molecule has 0 unspecified atom stereocenters. The molecule has 2 aromatic heterocycles. The number of pyridine rings is 1. The van der Waals surface area contributed by atoms with Crippen LogP contribution in [0.2, 0.25) is 0 Å². The average Bonchev–Trinajstić information content (AvgIpc) is 2.69. The van der Waals surface area contributed by atoms with E-state index >= 15 is 0 Å². The molecule has 1 N–H and O–H groups in total. The zero-order valence-electron chi connectivity index (χ0n) is 12.2. The number of nitrogens with one attached hydrogen (secondary N) is 1. The van der Waals surface area contributed by atoms with Crippen LogP contribution < -0.4 is 5.32 Å². The van der Waals surface area contributed by atoms with Crippen molar-refractivity contribution in [3.05, 3.63) is 47.0 Å². The van der Waals surface area contributed by atoms with Gasteiger partial charge in [-0.2, -0.15) is 5.10 Å². The number of nitrogens with zero attached hydrogens (tertiary/aromatic N) is 3. The van der Waals surface area contributed by atoms with Gasteiger partial charge in [0.05, 0.1) is 5.69 Å². The number of carbonyl (C=O) groups is 1. The van der Waals surface area contributed by atoms with Crippen LogP contribution in [0.1, 0.15) is 28.9 Å². The Morgan fingerprint density at radius 3 is 2.60 bits per heavy atom. The Balaban J connectivity index is 1.83. The largest absolute Gasteiger partial charge is 0.352 e. The van der Waals surface area contributed by atoms with Crippen LogP contribution in [0.4, 0.5) is 0 Å². The van der Waals surface area contributed by atoms with Gasteiger partial charge in [0, 0.05) is 38.1 Å². The number of aromatic nitrogens is 3. The van der Waals surface area contributed by atoms with Gasteiger partial charge in [-0.25, -0.2) is 0 Å². The number of hydrogen-bond acceptors (Lipinski definition) is 3. The molecule has 106 valence electrons. The minimum Gasteiger partial charge on any atom is -0.352 e. The topological polar surface area (TPSA) is 59.8 Å². The lowest BCUT2D eigenvalue weighted by Gasteiger charge is -2.05. The smallest absolute Gasteiger partial charge is 0.220 e. The summed E-state index contributed by atoms with van der Waals surface area (Å²) < 4.78 is 1.86. The molecule has 0 aromatic carbocycles. The third kappa shape index (κ3) is 3.44. The number of amides is 1. The minimum atomic E-state index is 0.0597. The number of aryl methyl sites for hydroxylation is 2. The van der Waals surface area contributed by atoms with Crippen molar-refractivity contribution >= 4 is 5.91 Å². The summed E-state index contributed by atoms with van der Waals surface area (Å²) in [6.07, 6.45) is 4.67. The van der Waals surface area contributed by atoms with Gasteiger partial charge in [0.1, 0.15) is 0 Å². The molecule has 20 heavy (non-hydrogen) atoms. The normalized spacial score (nSPS) is 10.6. The van der Waals surface area contributed by atoms with Gasteiger partial charge in [-0.3, -0.25) is 14.5 Å². The van der Waals surface area contributed by atoms with Crippen LogP contribution in [-0.2, 0) is 24.8 Å². The summed E-state index contributed by atoms with van der Waals surface area (Å²) in [5, 5.41) is 7.28. The van der Waals surface area contributed by atoms with Crippen LogP contribution in [-0.4, -0.2) is 20.7 Å². The molecule has 2 aromatic rings. The fourth-order valence-corrected chi connectivity index (χ4v) is 2.21. The monoisotopic (exact) mass is 272 g/mol. The van der Waals surface area contributed by atoms with Crippen LogP contribution in [0.25, 0.3) is 0 Å².